The van der Waals surface area contributed by atoms with E-state index in [9.17, 15) is 9.59 Å². The van der Waals surface area contributed by atoms with Crippen LogP contribution in [-0.4, -0.2) is 34.5 Å². The maximum Gasteiger partial charge on any atom is 0.281 e. The molecule has 1 atom stereocenters. The molecule has 8 nitrogen and oxygen atoms in total. The van der Waals surface area contributed by atoms with Crippen molar-refractivity contribution in [2.45, 2.75) is 26.8 Å². The third-order valence-electron chi connectivity index (χ3n) is 5.89. The summed E-state index contributed by atoms with van der Waals surface area (Å²) >= 11 is 0. The zero-order valence-corrected chi connectivity index (χ0v) is 19.2. The second-order valence-electron chi connectivity index (χ2n) is 7.76. The molecular formula is C25H26N4O4. The van der Waals surface area contributed by atoms with Crippen LogP contribution in [0, 0.1) is 13.8 Å². The number of aryl methyl sites for hydroxylation is 2. The Morgan fingerprint density at radius 1 is 1.03 bits per heavy atom. The van der Waals surface area contributed by atoms with Gasteiger partial charge in [-0.1, -0.05) is 18.2 Å². The average molecular weight is 447 g/mol. The number of carbonyl (C=O) groups excluding carboxylic acids is 1. The van der Waals surface area contributed by atoms with Crippen LogP contribution in [0.25, 0.3) is 16.5 Å². The fourth-order valence-corrected chi connectivity index (χ4v) is 4.17. The third-order valence-corrected chi connectivity index (χ3v) is 5.89. The van der Waals surface area contributed by atoms with Gasteiger partial charge in [0.05, 0.1) is 37.2 Å². The van der Waals surface area contributed by atoms with Crippen LogP contribution in [0.4, 0.5) is 5.69 Å². The van der Waals surface area contributed by atoms with E-state index in [1.807, 2.05) is 48.7 Å². The van der Waals surface area contributed by atoms with Crippen molar-refractivity contribution < 1.29 is 14.3 Å². The molecule has 2 heterocycles. The van der Waals surface area contributed by atoms with E-state index in [0.29, 0.717) is 34.0 Å². The van der Waals surface area contributed by atoms with Crippen molar-refractivity contribution in [3.8, 4) is 17.2 Å². The lowest BCUT2D eigenvalue weighted by molar-refractivity contribution is -0.118. The summed E-state index contributed by atoms with van der Waals surface area (Å²) in [6.45, 7) is 5.54. The van der Waals surface area contributed by atoms with Crippen LogP contribution in [0.2, 0.25) is 0 Å². The molecule has 1 N–H and O–H groups in total. The second kappa shape index (κ2) is 8.82. The summed E-state index contributed by atoms with van der Waals surface area (Å²) in [5.41, 5.74) is 2.52. The molecule has 8 heteroatoms. The van der Waals surface area contributed by atoms with Crippen LogP contribution in [0.15, 0.2) is 59.5 Å². The quantitative estimate of drug-likeness (QED) is 0.483. The highest BCUT2D eigenvalue weighted by Gasteiger charge is 2.24. The lowest BCUT2D eigenvalue weighted by Crippen LogP contribution is -2.25. The molecule has 0 aliphatic carbocycles. The number of carbonyl (C=O) groups is 1. The van der Waals surface area contributed by atoms with Gasteiger partial charge < -0.3 is 19.4 Å². The Hall–Kier alpha value is -4.07. The van der Waals surface area contributed by atoms with Gasteiger partial charge in [-0.05, 0) is 45.0 Å². The van der Waals surface area contributed by atoms with Crippen molar-refractivity contribution in [1.82, 2.24) is 14.3 Å². The molecule has 0 fully saturated rings. The first-order valence-corrected chi connectivity index (χ1v) is 10.5. The minimum Gasteiger partial charge on any atom is -0.497 e. The molecule has 0 aliphatic rings. The lowest BCUT2D eigenvalue weighted by atomic mass is 10.2. The number of rotatable bonds is 6. The number of hydrogen-bond acceptors (Lipinski definition) is 5. The van der Waals surface area contributed by atoms with Gasteiger partial charge in [-0.3, -0.25) is 9.59 Å². The Morgan fingerprint density at radius 3 is 2.42 bits per heavy atom. The summed E-state index contributed by atoms with van der Waals surface area (Å²) in [6, 6.07) is 13.9. The highest BCUT2D eigenvalue weighted by molar-refractivity contribution is 5.96. The van der Waals surface area contributed by atoms with Crippen LogP contribution >= 0.6 is 0 Å². The molecule has 4 aromatic rings. The Labute approximate surface area is 191 Å². The number of hydrogen-bond donors (Lipinski definition) is 1. The molecule has 4 rings (SSSR count). The van der Waals surface area contributed by atoms with Gasteiger partial charge >= 0.3 is 0 Å². The number of ether oxygens (including phenoxy) is 2. The number of methoxy groups -OCH3 is 2. The van der Waals surface area contributed by atoms with E-state index in [-0.39, 0.29) is 11.5 Å². The summed E-state index contributed by atoms with van der Waals surface area (Å²) in [4.78, 5) is 26.5. The van der Waals surface area contributed by atoms with E-state index in [1.54, 1.807) is 38.4 Å². The van der Waals surface area contributed by atoms with E-state index in [1.165, 1.54) is 11.8 Å². The number of amides is 1. The third kappa shape index (κ3) is 3.84. The summed E-state index contributed by atoms with van der Waals surface area (Å²) < 4.78 is 13.9. The molecule has 170 valence electrons. The maximum absolute atomic E-state index is 13.3. The minimum atomic E-state index is -0.575. The first-order chi connectivity index (χ1) is 15.9. The SMILES string of the molecule is COc1ccc(NC(=O)C(C)n2c(C)c3cnn(-c4ccccc4)c(=O)c3c2C)c(OC)c1. The van der Waals surface area contributed by atoms with Crippen LogP contribution in [0.1, 0.15) is 24.4 Å². The number of nitrogens with zero attached hydrogens (tertiary/aromatic N) is 3. The first-order valence-electron chi connectivity index (χ1n) is 10.5. The van der Waals surface area contributed by atoms with Gasteiger partial charge in [-0.15, -0.1) is 0 Å². The number of para-hydroxylation sites is 1. The van der Waals surface area contributed by atoms with Gasteiger partial charge in [0.25, 0.3) is 5.56 Å². The van der Waals surface area contributed by atoms with Crippen molar-refractivity contribution in [2.24, 2.45) is 0 Å². The second-order valence-corrected chi connectivity index (χ2v) is 7.76. The molecule has 1 amide bonds. The van der Waals surface area contributed by atoms with E-state index in [2.05, 4.69) is 10.4 Å². The lowest BCUT2D eigenvalue weighted by Gasteiger charge is -2.19. The van der Waals surface area contributed by atoms with E-state index in [4.69, 9.17) is 9.47 Å². The fraction of sp³-hybridized carbons (Fsp3) is 0.240. The molecule has 0 spiro atoms. The number of fused-ring (bicyclic) bond motifs is 1. The fourth-order valence-electron chi connectivity index (χ4n) is 4.17. The molecular weight excluding hydrogens is 420 g/mol. The van der Waals surface area contributed by atoms with Crippen molar-refractivity contribution in [3.05, 3.63) is 76.5 Å². The summed E-state index contributed by atoms with van der Waals surface area (Å²) in [5.74, 6) is 0.890. The smallest absolute Gasteiger partial charge is 0.281 e. The molecule has 0 saturated carbocycles. The molecule has 1 unspecified atom stereocenters. The molecule has 33 heavy (non-hydrogen) atoms. The standard InChI is InChI=1S/C25H26N4O4/c1-15-20-14-26-29(18-9-7-6-8-10-18)25(31)23(20)16(2)28(15)17(3)24(30)27-21-12-11-19(32-4)13-22(21)33-5/h6-14,17H,1-5H3,(H,27,30). The summed E-state index contributed by atoms with van der Waals surface area (Å²) in [7, 11) is 3.10. The predicted octanol–water partition coefficient (Wildman–Crippen LogP) is 4.02. The number of nitrogens with one attached hydrogen (secondary N) is 1. The van der Waals surface area contributed by atoms with Crippen LogP contribution in [0.3, 0.4) is 0 Å². The molecule has 2 aromatic heterocycles. The van der Waals surface area contributed by atoms with Gasteiger partial charge in [0.1, 0.15) is 17.5 Å². The van der Waals surface area contributed by atoms with Gasteiger partial charge in [0.15, 0.2) is 0 Å². The highest BCUT2D eigenvalue weighted by atomic mass is 16.5. The number of benzene rings is 2. The van der Waals surface area contributed by atoms with Crippen LogP contribution in [-0.2, 0) is 4.79 Å². The molecule has 0 saturated heterocycles. The molecule has 0 aliphatic heterocycles. The topological polar surface area (TPSA) is 87.4 Å². The summed E-state index contributed by atoms with van der Waals surface area (Å²) in [5, 5.41) is 8.56. The number of aromatic nitrogens is 3. The Bertz CT molecular complexity index is 1390. The van der Waals surface area contributed by atoms with Crippen molar-refractivity contribution >= 4 is 22.4 Å². The van der Waals surface area contributed by atoms with E-state index < -0.39 is 6.04 Å². The zero-order chi connectivity index (χ0) is 23.7. The predicted molar refractivity (Wildman–Crippen MR) is 128 cm³/mol. The van der Waals surface area contributed by atoms with E-state index in [0.717, 1.165) is 11.1 Å². The van der Waals surface area contributed by atoms with Crippen LogP contribution < -0.4 is 20.3 Å². The van der Waals surface area contributed by atoms with Gasteiger partial charge in [0, 0.05) is 22.8 Å². The molecule has 2 aromatic carbocycles. The first kappa shape index (κ1) is 22.1. The highest BCUT2D eigenvalue weighted by Crippen LogP contribution is 2.31. The average Bonchev–Trinajstić information content (AvgIpc) is 3.09. The van der Waals surface area contributed by atoms with Gasteiger partial charge in [-0.25, -0.2) is 0 Å². The zero-order valence-electron chi connectivity index (χ0n) is 19.2. The van der Waals surface area contributed by atoms with Crippen molar-refractivity contribution in [1.29, 1.82) is 0 Å². The van der Waals surface area contributed by atoms with Crippen molar-refractivity contribution in [3.63, 3.8) is 0 Å². The van der Waals surface area contributed by atoms with Gasteiger partial charge in [0.2, 0.25) is 5.91 Å². The Morgan fingerprint density at radius 2 is 1.76 bits per heavy atom. The molecule has 0 bridgehead atoms. The molecule has 0 radical (unpaired) electrons. The Kier molecular flexibility index (Phi) is 5.91. The normalized spacial score (nSPS) is 11.9. The largest absolute Gasteiger partial charge is 0.497 e. The summed E-state index contributed by atoms with van der Waals surface area (Å²) in [6.07, 6.45) is 1.68. The van der Waals surface area contributed by atoms with Crippen LogP contribution in [0.5, 0.6) is 11.5 Å². The Balaban J connectivity index is 1.73. The minimum absolute atomic E-state index is 0.220. The maximum atomic E-state index is 13.3. The van der Waals surface area contributed by atoms with Crippen molar-refractivity contribution in [2.75, 3.05) is 19.5 Å². The van der Waals surface area contributed by atoms with E-state index >= 15 is 0 Å². The van der Waals surface area contributed by atoms with Gasteiger partial charge in [-0.2, -0.15) is 9.78 Å². The monoisotopic (exact) mass is 446 g/mol. The number of anilines is 1.